The molecule has 78 valence electrons. The number of aromatic amines is 1. The van der Waals surface area contributed by atoms with E-state index in [0.717, 1.165) is 16.7 Å². The summed E-state index contributed by atoms with van der Waals surface area (Å²) in [4.78, 5) is 18.7. The van der Waals surface area contributed by atoms with E-state index in [0.29, 0.717) is 12.3 Å². The van der Waals surface area contributed by atoms with Gasteiger partial charge in [0.05, 0.1) is 17.6 Å². The number of carbonyl (C=O) groups excluding carboxylic acids is 1. The maximum absolute atomic E-state index is 11.4. The second kappa shape index (κ2) is 3.73. The Morgan fingerprint density at radius 1 is 1.53 bits per heavy atom. The van der Waals surface area contributed by atoms with E-state index < -0.39 is 0 Å². The Hall–Kier alpha value is -1.84. The monoisotopic (exact) mass is 204 g/mol. The van der Waals surface area contributed by atoms with Gasteiger partial charge in [0.25, 0.3) is 0 Å². The first-order valence-electron chi connectivity index (χ1n) is 4.84. The van der Waals surface area contributed by atoms with Crippen molar-refractivity contribution in [3.8, 4) is 0 Å². The zero-order valence-electron chi connectivity index (χ0n) is 8.70. The first kappa shape index (κ1) is 9.71. The fraction of sp³-hybridized carbons (Fsp3) is 0.273. The van der Waals surface area contributed by atoms with E-state index in [-0.39, 0.29) is 5.97 Å². The Morgan fingerprint density at radius 2 is 2.33 bits per heavy atom. The second-order valence-corrected chi connectivity index (χ2v) is 3.29. The second-order valence-electron chi connectivity index (χ2n) is 3.29. The van der Waals surface area contributed by atoms with Crippen molar-refractivity contribution in [2.75, 3.05) is 6.61 Å². The third kappa shape index (κ3) is 1.83. The molecular weight excluding hydrogens is 192 g/mol. The smallest absolute Gasteiger partial charge is 0.354 e. The van der Waals surface area contributed by atoms with Gasteiger partial charge in [0.15, 0.2) is 0 Å². The van der Waals surface area contributed by atoms with E-state index in [2.05, 4.69) is 9.97 Å². The summed E-state index contributed by atoms with van der Waals surface area (Å²) in [5, 5.41) is 0. The molecule has 0 spiro atoms. The number of aryl methyl sites for hydroxylation is 1. The Morgan fingerprint density at radius 3 is 3.07 bits per heavy atom. The summed E-state index contributed by atoms with van der Waals surface area (Å²) in [5.41, 5.74) is 3.02. The van der Waals surface area contributed by atoms with E-state index >= 15 is 0 Å². The minimum atomic E-state index is -0.340. The molecule has 4 heteroatoms. The SMILES string of the molecule is CCOC(=O)c1cc2nc(C)ccc2[nH]1. The van der Waals surface area contributed by atoms with Crippen molar-refractivity contribution in [1.29, 1.82) is 0 Å². The quantitative estimate of drug-likeness (QED) is 0.761. The lowest BCUT2D eigenvalue weighted by atomic mass is 10.3. The zero-order chi connectivity index (χ0) is 10.8. The molecule has 0 bridgehead atoms. The highest BCUT2D eigenvalue weighted by atomic mass is 16.5. The Bertz CT molecular complexity index is 502. The van der Waals surface area contributed by atoms with Gasteiger partial charge in [-0.3, -0.25) is 4.98 Å². The van der Waals surface area contributed by atoms with Crippen LogP contribution >= 0.6 is 0 Å². The van der Waals surface area contributed by atoms with Crippen LogP contribution in [0.1, 0.15) is 23.1 Å². The van der Waals surface area contributed by atoms with Gasteiger partial charge in [-0.25, -0.2) is 4.79 Å². The van der Waals surface area contributed by atoms with Crippen molar-refractivity contribution >= 4 is 17.0 Å². The highest BCUT2D eigenvalue weighted by Crippen LogP contribution is 2.14. The molecule has 1 N–H and O–H groups in total. The van der Waals surface area contributed by atoms with Crippen LogP contribution in [0.4, 0.5) is 0 Å². The predicted molar refractivity (Wildman–Crippen MR) is 56.8 cm³/mol. The third-order valence-electron chi connectivity index (χ3n) is 2.11. The number of rotatable bonds is 2. The molecule has 0 aliphatic rings. The van der Waals surface area contributed by atoms with Crippen molar-refractivity contribution in [2.24, 2.45) is 0 Å². The largest absolute Gasteiger partial charge is 0.461 e. The molecule has 0 atom stereocenters. The number of pyridine rings is 1. The molecular formula is C11H12N2O2. The van der Waals surface area contributed by atoms with Gasteiger partial charge in [0.2, 0.25) is 0 Å². The molecule has 15 heavy (non-hydrogen) atoms. The number of aromatic nitrogens is 2. The average Bonchev–Trinajstić information content (AvgIpc) is 2.60. The fourth-order valence-corrected chi connectivity index (χ4v) is 1.43. The van der Waals surface area contributed by atoms with E-state index in [1.165, 1.54) is 0 Å². The molecule has 0 aromatic carbocycles. The normalized spacial score (nSPS) is 10.5. The summed E-state index contributed by atoms with van der Waals surface area (Å²) in [7, 11) is 0. The molecule has 0 saturated heterocycles. The predicted octanol–water partition coefficient (Wildman–Crippen LogP) is 2.05. The van der Waals surface area contributed by atoms with Crippen LogP contribution in [0.3, 0.4) is 0 Å². The van der Waals surface area contributed by atoms with Crippen LogP contribution in [0.15, 0.2) is 18.2 Å². The van der Waals surface area contributed by atoms with E-state index in [9.17, 15) is 4.79 Å². The highest BCUT2D eigenvalue weighted by molar-refractivity contribution is 5.93. The number of esters is 1. The van der Waals surface area contributed by atoms with Crippen molar-refractivity contribution in [1.82, 2.24) is 9.97 Å². The topological polar surface area (TPSA) is 55.0 Å². The van der Waals surface area contributed by atoms with Gasteiger partial charge in [-0.05, 0) is 32.0 Å². The Kier molecular flexibility index (Phi) is 2.41. The van der Waals surface area contributed by atoms with Crippen LogP contribution in [-0.2, 0) is 4.74 Å². The molecule has 0 radical (unpaired) electrons. The number of nitrogens with one attached hydrogen (secondary N) is 1. The number of H-pyrrole nitrogens is 1. The standard InChI is InChI=1S/C11H12N2O2/c1-3-15-11(14)10-6-9-8(13-10)5-4-7(2)12-9/h4-6,13H,3H2,1-2H3. The van der Waals surface area contributed by atoms with E-state index in [1.54, 1.807) is 13.0 Å². The van der Waals surface area contributed by atoms with Gasteiger partial charge in [-0.2, -0.15) is 0 Å². The van der Waals surface area contributed by atoms with Gasteiger partial charge >= 0.3 is 5.97 Å². The van der Waals surface area contributed by atoms with E-state index in [1.807, 2.05) is 19.1 Å². The van der Waals surface area contributed by atoms with Crippen molar-refractivity contribution in [3.05, 3.63) is 29.6 Å². The minimum absolute atomic E-state index is 0.340. The Labute approximate surface area is 87.3 Å². The van der Waals surface area contributed by atoms with Gasteiger partial charge in [-0.1, -0.05) is 0 Å². The van der Waals surface area contributed by atoms with Gasteiger partial charge in [0, 0.05) is 5.69 Å². The summed E-state index contributed by atoms with van der Waals surface area (Å²) in [6.07, 6.45) is 0. The molecule has 2 aromatic rings. The molecule has 0 unspecified atom stereocenters. The number of ether oxygens (including phenoxy) is 1. The number of fused-ring (bicyclic) bond motifs is 1. The highest BCUT2D eigenvalue weighted by Gasteiger charge is 2.10. The third-order valence-corrected chi connectivity index (χ3v) is 2.11. The maximum Gasteiger partial charge on any atom is 0.354 e. The molecule has 0 fully saturated rings. The van der Waals surface area contributed by atoms with Crippen molar-refractivity contribution in [3.63, 3.8) is 0 Å². The Balaban J connectivity index is 2.42. The summed E-state index contributed by atoms with van der Waals surface area (Å²) >= 11 is 0. The van der Waals surface area contributed by atoms with E-state index in [4.69, 9.17) is 4.74 Å². The number of hydrogen-bond acceptors (Lipinski definition) is 3. The van der Waals surface area contributed by atoms with Gasteiger partial charge < -0.3 is 9.72 Å². The molecule has 0 saturated carbocycles. The maximum atomic E-state index is 11.4. The van der Waals surface area contributed by atoms with Crippen LogP contribution in [0.2, 0.25) is 0 Å². The van der Waals surface area contributed by atoms with Crippen LogP contribution < -0.4 is 0 Å². The molecule has 2 heterocycles. The number of hydrogen-bond donors (Lipinski definition) is 1. The van der Waals surface area contributed by atoms with Gasteiger partial charge in [-0.15, -0.1) is 0 Å². The first-order chi connectivity index (χ1) is 7.20. The molecule has 2 rings (SSSR count). The summed E-state index contributed by atoms with van der Waals surface area (Å²) in [6.45, 7) is 4.07. The lowest BCUT2D eigenvalue weighted by Crippen LogP contribution is -2.04. The summed E-state index contributed by atoms with van der Waals surface area (Å²) in [6, 6.07) is 5.51. The lowest BCUT2D eigenvalue weighted by molar-refractivity contribution is 0.0520. The lowest BCUT2D eigenvalue weighted by Gasteiger charge is -1.96. The minimum Gasteiger partial charge on any atom is -0.461 e. The van der Waals surface area contributed by atoms with Gasteiger partial charge in [0.1, 0.15) is 5.69 Å². The molecule has 0 aliphatic heterocycles. The zero-order valence-corrected chi connectivity index (χ0v) is 8.70. The van der Waals surface area contributed by atoms with Crippen LogP contribution in [0.5, 0.6) is 0 Å². The molecule has 0 aliphatic carbocycles. The molecule has 0 amide bonds. The summed E-state index contributed by atoms with van der Waals surface area (Å²) in [5.74, 6) is -0.340. The number of nitrogens with zero attached hydrogens (tertiary/aromatic N) is 1. The fourth-order valence-electron chi connectivity index (χ4n) is 1.43. The summed E-state index contributed by atoms with van der Waals surface area (Å²) < 4.78 is 4.89. The van der Waals surface area contributed by atoms with Crippen LogP contribution in [-0.4, -0.2) is 22.5 Å². The molecule has 2 aromatic heterocycles. The first-order valence-corrected chi connectivity index (χ1v) is 4.84. The van der Waals surface area contributed by atoms with Crippen LogP contribution in [0, 0.1) is 6.92 Å². The molecule has 4 nitrogen and oxygen atoms in total. The number of carbonyl (C=O) groups is 1. The van der Waals surface area contributed by atoms with Crippen LogP contribution in [0.25, 0.3) is 11.0 Å². The van der Waals surface area contributed by atoms with Crippen molar-refractivity contribution < 1.29 is 9.53 Å². The average molecular weight is 204 g/mol. The van der Waals surface area contributed by atoms with Crippen molar-refractivity contribution in [2.45, 2.75) is 13.8 Å².